The topological polar surface area (TPSA) is 262 Å². The second kappa shape index (κ2) is 15.5. The van der Waals surface area contributed by atoms with Crippen LogP contribution < -0.4 is 11.2 Å². The van der Waals surface area contributed by atoms with Crippen molar-refractivity contribution < 1.29 is 59.3 Å². The number of hydrogen-bond donors (Lipinski definition) is 8. The number of nitrogens with zero attached hydrogens (tertiary/aromatic N) is 2. The minimum Gasteiger partial charge on any atom is -0.507 e. The number of aromatic hydroxyl groups is 2. The smallest absolute Gasteiger partial charge is 0.251 e. The van der Waals surface area contributed by atoms with Crippen LogP contribution in [-0.4, -0.2) is 108 Å². The summed E-state index contributed by atoms with van der Waals surface area (Å²) in [5.41, 5.74) is 5.19. The number of carbonyl (C=O) groups excluding carboxylic acids is 4. The number of fused-ring (bicyclic) bond motifs is 3. The fourth-order valence-corrected chi connectivity index (χ4v) is 7.62. The molecule has 2 aliphatic heterocycles. The molecular formula is C38H44N4O12. The molecule has 0 saturated carbocycles. The van der Waals surface area contributed by atoms with Crippen molar-refractivity contribution in [2.75, 3.05) is 13.2 Å². The van der Waals surface area contributed by atoms with Gasteiger partial charge in [0.15, 0.2) is 17.9 Å². The van der Waals surface area contributed by atoms with E-state index in [0.717, 1.165) is 0 Å². The second-order valence-electron chi connectivity index (χ2n) is 14.1. The number of phenolic OH excluding ortho intramolecular Hbond substituents is 2. The first-order valence-electron chi connectivity index (χ1n) is 17.8. The first-order valence-corrected chi connectivity index (χ1v) is 17.8. The van der Waals surface area contributed by atoms with E-state index in [1.54, 1.807) is 17.9 Å². The highest BCUT2D eigenvalue weighted by atomic mass is 16.7. The lowest BCUT2D eigenvalue weighted by atomic mass is 9.71. The summed E-state index contributed by atoms with van der Waals surface area (Å²) in [5.74, 6) is -3.70. The van der Waals surface area contributed by atoms with Gasteiger partial charge in [-0.2, -0.15) is 5.10 Å². The first kappa shape index (κ1) is 38.9. The number of hydrogen-bond acceptors (Lipinski definition) is 14. The Labute approximate surface area is 310 Å². The Balaban J connectivity index is 1.29. The van der Waals surface area contributed by atoms with Crippen LogP contribution in [0, 0.1) is 0 Å². The Morgan fingerprint density at radius 2 is 1.83 bits per heavy atom. The van der Waals surface area contributed by atoms with Crippen LogP contribution in [-0.2, 0) is 32.1 Å². The van der Waals surface area contributed by atoms with E-state index in [-0.39, 0.29) is 52.3 Å². The molecule has 4 aliphatic rings. The monoisotopic (exact) mass is 748 g/mol. The molecule has 0 radical (unpaired) electrons. The third-order valence-corrected chi connectivity index (χ3v) is 10.5. The van der Waals surface area contributed by atoms with Gasteiger partial charge in [0.2, 0.25) is 5.91 Å². The number of phenols is 2. The summed E-state index contributed by atoms with van der Waals surface area (Å²) in [4.78, 5) is 54.0. The van der Waals surface area contributed by atoms with Gasteiger partial charge in [0.1, 0.15) is 17.1 Å². The fraction of sp³-hybridized carbons (Fsp3) is 0.447. The van der Waals surface area contributed by atoms with E-state index in [4.69, 9.17) is 15.2 Å². The van der Waals surface area contributed by atoms with Crippen LogP contribution in [0.15, 0.2) is 47.7 Å². The number of nitrogens with one attached hydrogen (secondary N) is 1. The van der Waals surface area contributed by atoms with Crippen molar-refractivity contribution in [1.29, 1.82) is 0 Å². The number of ether oxygens (including phenoxy) is 2. The summed E-state index contributed by atoms with van der Waals surface area (Å²) in [5, 5.41) is 70.4. The van der Waals surface area contributed by atoms with Crippen molar-refractivity contribution in [3.63, 3.8) is 0 Å². The van der Waals surface area contributed by atoms with E-state index < -0.39 is 102 Å². The van der Waals surface area contributed by atoms with Crippen LogP contribution in [0.25, 0.3) is 0 Å². The summed E-state index contributed by atoms with van der Waals surface area (Å²) in [6, 6.07) is 3.51. The SMILES string of the molecule is C=C1C=CC(=O)N1CCCCCC(=O)N/N=C(\CO)[C@]1(O)Cc2c(O)c3c(c(O)c2[C@@H](O[C@H]2C[C@@H](N)[C@@H](O)C(C)O2)C1)C(=O)c1c(CO)cccc1C3=O. The molecule has 288 valence electrons. The number of aliphatic hydroxyl groups is 4. The molecule has 1 unspecified atom stereocenters. The summed E-state index contributed by atoms with van der Waals surface area (Å²) in [7, 11) is 0. The number of unbranched alkanes of at least 4 members (excludes halogenated alkanes) is 2. The molecule has 2 amide bonds. The van der Waals surface area contributed by atoms with Gasteiger partial charge in [0.25, 0.3) is 5.91 Å². The standard InChI is InChI=1S/C38H44N4O12/c1-18-10-11-27(46)42(18)12-5-3-4-9-26(45)41-40-25(17-44)38(52)14-22-30(24(15-38)54-28-13-23(39)33(47)19(2)53-28)37(51)32-31(35(22)49)34(48)21-8-6-7-20(16-43)29(21)36(32)50/h6-8,10-11,19,23-24,28,33,43-44,47,49,51-52H,1,3-5,9,12-17,39H2,2H3,(H,41,45)/b40-25+/t19?,23-,24+,28+,33+,38+/m1/s1. The molecule has 16 heteroatoms. The zero-order chi connectivity index (χ0) is 39.1. The van der Waals surface area contributed by atoms with Crippen LogP contribution >= 0.6 is 0 Å². The average molecular weight is 749 g/mol. The predicted molar refractivity (Wildman–Crippen MR) is 190 cm³/mol. The average Bonchev–Trinajstić information content (AvgIpc) is 3.46. The zero-order valence-corrected chi connectivity index (χ0v) is 29.7. The van der Waals surface area contributed by atoms with Gasteiger partial charge in [-0.1, -0.05) is 31.2 Å². The number of amides is 2. The van der Waals surface area contributed by atoms with Crippen molar-refractivity contribution in [1.82, 2.24) is 10.3 Å². The third-order valence-electron chi connectivity index (χ3n) is 10.5. The number of rotatable bonds is 12. The van der Waals surface area contributed by atoms with Gasteiger partial charge in [-0.05, 0) is 31.4 Å². The fourth-order valence-electron chi connectivity index (χ4n) is 7.62. The number of ketones is 2. The van der Waals surface area contributed by atoms with Crippen LogP contribution in [0.1, 0.15) is 100 Å². The highest BCUT2D eigenvalue weighted by Gasteiger charge is 2.49. The van der Waals surface area contributed by atoms with E-state index >= 15 is 0 Å². The summed E-state index contributed by atoms with van der Waals surface area (Å²) >= 11 is 0. The molecule has 6 rings (SSSR count). The van der Waals surface area contributed by atoms with Gasteiger partial charge < -0.3 is 50.7 Å². The lowest BCUT2D eigenvalue weighted by Gasteiger charge is -2.43. The van der Waals surface area contributed by atoms with Crippen LogP contribution in [0.5, 0.6) is 11.5 Å². The van der Waals surface area contributed by atoms with Crippen LogP contribution in [0.3, 0.4) is 0 Å². The molecule has 1 saturated heterocycles. The Morgan fingerprint density at radius 3 is 2.50 bits per heavy atom. The normalized spacial score (nSPS) is 26.5. The van der Waals surface area contributed by atoms with E-state index in [1.165, 1.54) is 24.3 Å². The summed E-state index contributed by atoms with van der Waals surface area (Å²) in [6.45, 7) is 4.41. The largest absolute Gasteiger partial charge is 0.507 e. The Bertz CT molecular complexity index is 1930. The lowest BCUT2D eigenvalue weighted by Crippen LogP contribution is -2.53. The molecule has 54 heavy (non-hydrogen) atoms. The maximum atomic E-state index is 13.9. The molecule has 6 atom stereocenters. The molecule has 2 aliphatic carbocycles. The van der Waals surface area contributed by atoms with E-state index in [9.17, 15) is 49.8 Å². The quantitative estimate of drug-likeness (QED) is 0.0554. The molecular weight excluding hydrogens is 704 g/mol. The molecule has 9 N–H and O–H groups in total. The van der Waals surface area contributed by atoms with Crippen molar-refractivity contribution in [3.05, 3.63) is 81.6 Å². The number of nitrogens with two attached hydrogens (primary N) is 1. The lowest BCUT2D eigenvalue weighted by molar-refractivity contribution is -0.245. The third kappa shape index (κ3) is 7.09. The van der Waals surface area contributed by atoms with Crippen LogP contribution in [0.2, 0.25) is 0 Å². The molecule has 0 aromatic heterocycles. The van der Waals surface area contributed by atoms with Gasteiger partial charge in [-0.3, -0.25) is 19.2 Å². The number of carbonyl (C=O) groups is 4. The maximum absolute atomic E-state index is 13.9. The maximum Gasteiger partial charge on any atom is 0.251 e. The van der Waals surface area contributed by atoms with Crippen molar-refractivity contribution in [2.24, 2.45) is 10.8 Å². The van der Waals surface area contributed by atoms with E-state index in [1.807, 2.05) is 0 Å². The molecule has 0 spiro atoms. The molecule has 2 heterocycles. The Morgan fingerprint density at radius 1 is 1.09 bits per heavy atom. The Hall–Kier alpha value is -4.81. The highest BCUT2D eigenvalue weighted by Crippen LogP contribution is 2.52. The zero-order valence-electron chi connectivity index (χ0n) is 29.7. The van der Waals surface area contributed by atoms with Crippen LogP contribution in [0.4, 0.5) is 0 Å². The molecule has 0 bridgehead atoms. The number of aliphatic hydroxyl groups excluding tert-OH is 3. The van der Waals surface area contributed by atoms with Crippen molar-refractivity contribution in [2.45, 2.75) is 94.7 Å². The minimum absolute atomic E-state index is 0.0188. The minimum atomic E-state index is -2.15. The van der Waals surface area contributed by atoms with Crippen molar-refractivity contribution in [3.8, 4) is 11.5 Å². The Kier molecular flexibility index (Phi) is 11.2. The van der Waals surface area contributed by atoms with E-state index in [2.05, 4.69) is 17.1 Å². The van der Waals surface area contributed by atoms with Gasteiger partial charge in [-0.15, -0.1) is 0 Å². The number of benzene rings is 2. The van der Waals surface area contributed by atoms with Crippen molar-refractivity contribution >= 4 is 29.1 Å². The van der Waals surface area contributed by atoms with E-state index in [0.29, 0.717) is 31.5 Å². The number of hydrazone groups is 1. The van der Waals surface area contributed by atoms with Gasteiger partial charge in [0.05, 0.1) is 48.4 Å². The predicted octanol–water partition coefficient (Wildman–Crippen LogP) is 0.861. The molecule has 2 aromatic carbocycles. The molecule has 2 aromatic rings. The second-order valence-corrected chi connectivity index (χ2v) is 14.1. The first-order chi connectivity index (χ1) is 25.7. The van der Waals surface area contributed by atoms with Gasteiger partial charge in [-0.25, -0.2) is 5.43 Å². The highest BCUT2D eigenvalue weighted by molar-refractivity contribution is 6.31. The van der Waals surface area contributed by atoms with Gasteiger partial charge >= 0.3 is 0 Å². The molecule has 1 fully saturated rings. The van der Waals surface area contributed by atoms with Gasteiger partial charge in [0, 0.05) is 72.3 Å². The molecule has 16 nitrogen and oxygen atoms in total. The summed E-state index contributed by atoms with van der Waals surface area (Å²) in [6.07, 6.45) is -0.464. The number of allylic oxidation sites excluding steroid dienone is 1. The summed E-state index contributed by atoms with van der Waals surface area (Å²) < 4.78 is 12.1.